The first-order valence-corrected chi connectivity index (χ1v) is 9.30. The van der Waals surface area contributed by atoms with Gasteiger partial charge in [-0.05, 0) is 43.5 Å². The summed E-state index contributed by atoms with van der Waals surface area (Å²) >= 11 is 0. The highest BCUT2D eigenvalue weighted by Crippen LogP contribution is 2.22. The molecular weight excluding hydrogens is 300 g/mol. The molecule has 1 amide bonds. The average Bonchev–Trinajstić information content (AvgIpc) is 3.03. The second-order valence-electron chi connectivity index (χ2n) is 5.81. The van der Waals surface area contributed by atoms with Crippen molar-refractivity contribution >= 4 is 21.6 Å². The molecule has 2 rings (SSSR count). The maximum Gasteiger partial charge on any atom is 0.243 e. The van der Waals surface area contributed by atoms with Gasteiger partial charge in [0, 0.05) is 24.7 Å². The largest absolute Gasteiger partial charge is 0.326 e. The van der Waals surface area contributed by atoms with Gasteiger partial charge in [0.15, 0.2) is 0 Å². The van der Waals surface area contributed by atoms with Gasteiger partial charge in [-0.15, -0.1) is 0 Å². The maximum absolute atomic E-state index is 12.4. The van der Waals surface area contributed by atoms with Crippen LogP contribution in [0.2, 0.25) is 0 Å². The molecule has 1 fully saturated rings. The van der Waals surface area contributed by atoms with Crippen molar-refractivity contribution in [2.45, 2.75) is 44.4 Å². The summed E-state index contributed by atoms with van der Waals surface area (Å²) in [7, 11) is -3.39. The number of benzene rings is 1. The first-order valence-electron chi connectivity index (χ1n) is 7.86. The molecule has 1 aliphatic heterocycles. The highest BCUT2D eigenvalue weighted by atomic mass is 32.2. The first kappa shape index (κ1) is 17.0. The van der Waals surface area contributed by atoms with Gasteiger partial charge in [-0.25, -0.2) is 8.42 Å². The zero-order valence-electron chi connectivity index (χ0n) is 13.2. The number of nitrogens with zero attached hydrogens (tertiary/aromatic N) is 1. The molecule has 0 bridgehead atoms. The number of hydrogen-bond acceptors (Lipinski definition) is 3. The van der Waals surface area contributed by atoms with E-state index in [9.17, 15) is 13.2 Å². The van der Waals surface area contributed by atoms with Crippen molar-refractivity contribution < 1.29 is 13.2 Å². The van der Waals surface area contributed by atoms with Gasteiger partial charge < -0.3 is 5.32 Å². The van der Waals surface area contributed by atoms with Gasteiger partial charge in [0.2, 0.25) is 15.9 Å². The Labute approximate surface area is 132 Å². The standard InChI is InChI=1S/C16H24N2O3S/c1-3-6-13(2)16(19)17-14-7-9-15(10-8-14)22(20,21)18-11-4-5-12-18/h7-10,13H,3-6,11-12H2,1-2H3,(H,17,19)/t13-/m1/s1. The summed E-state index contributed by atoms with van der Waals surface area (Å²) < 4.78 is 26.3. The topological polar surface area (TPSA) is 66.5 Å². The Morgan fingerprint density at radius 3 is 2.36 bits per heavy atom. The third-order valence-corrected chi connectivity index (χ3v) is 5.91. The molecule has 0 aliphatic carbocycles. The van der Waals surface area contributed by atoms with Crippen LogP contribution >= 0.6 is 0 Å². The van der Waals surface area contributed by atoms with Crippen molar-refractivity contribution in [3.63, 3.8) is 0 Å². The number of carbonyl (C=O) groups is 1. The SMILES string of the molecule is CCC[C@@H](C)C(=O)Nc1ccc(S(=O)(=O)N2CCCC2)cc1. The van der Waals surface area contributed by atoms with E-state index < -0.39 is 10.0 Å². The molecule has 1 atom stereocenters. The van der Waals surface area contributed by atoms with Gasteiger partial charge in [0.05, 0.1) is 4.90 Å². The summed E-state index contributed by atoms with van der Waals surface area (Å²) in [6.45, 7) is 5.12. The van der Waals surface area contributed by atoms with E-state index in [1.165, 1.54) is 4.31 Å². The number of carbonyl (C=O) groups excluding carboxylic acids is 1. The van der Waals surface area contributed by atoms with Crippen molar-refractivity contribution in [2.75, 3.05) is 18.4 Å². The molecule has 22 heavy (non-hydrogen) atoms. The van der Waals surface area contributed by atoms with E-state index in [1.807, 2.05) is 13.8 Å². The predicted octanol–water partition coefficient (Wildman–Crippen LogP) is 2.85. The van der Waals surface area contributed by atoms with Crippen molar-refractivity contribution in [3.05, 3.63) is 24.3 Å². The zero-order chi connectivity index (χ0) is 16.2. The molecule has 122 valence electrons. The summed E-state index contributed by atoms with van der Waals surface area (Å²) in [6.07, 6.45) is 3.64. The minimum Gasteiger partial charge on any atom is -0.326 e. The van der Waals surface area contributed by atoms with E-state index >= 15 is 0 Å². The number of rotatable bonds is 6. The van der Waals surface area contributed by atoms with E-state index in [2.05, 4.69) is 5.32 Å². The summed E-state index contributed by atoms with van der Waals surface area (Å²) in [5.74, 6) is -0.0741. The van der Waals surface area contributed by atoms with Crippen LogP contribution in [-0.2, 0) is 14.8 Å². The van der Waals surface area contributed by atoms with E-state index in [1.54, 1.807) is 24.3 Å². The second kappa shape index (κ2) is 7.24. The number of sulfonamides is 1. The van der Waals surface area contributed by atoms with Crippen LogP contribution < -0.4 is 5.32 Å². The smallest absolute Gasteiger partial charge is 0.243 e. The van der Waals surface area contributed by atoms with Crippen LogP contribution in [-0.4, -0.2) is 31.7 Å². The van der Waals surface area contributed by atoms with Crippen LogP contribution in [0.1, 0.15) is 39.5 Å². The van der Waals surface area contributed by atoms with Crippen LogP contribution in [0.5, 0.6) is 0 Å². The second-order valence-corrected chi connectivity index (χ2v) is 7.75. The zero-order valence-corrected chi connectivity index (χ0v) is 14.0. The Balaban J connectivity index is 2.05. The Morgan fingerprint density at radius 1 is 1.23 bits per heavy atom. The molecule has 0 spiro atoms. The molecule has 1 aliphatic rings. The van der Waals surface area contributed by atoms with Crippen LogP contribution in [0, 0.1) is 5.92 Å². The fourth-order valence-corrected chi connectivity index (χ4v) is 4.13. The molecule has 0 aromatic heterocycles. The van der Waals surface area contributed by atoms with Crippen molar-refractivity contribution in [1.29, 1.82) is 0 Å². The minimum atomic E-state index is -3.39. The van der Waals surface area contributed by atoms with Crippen LogP contribution in [0.3, 0.4) is 0 Å². The van der Waals surface area contributed by atoms with Crippen LogP contribution in [0.15, 0.2) is 29.2 Å². The lowest BCUT2D eigenvalue weighted by Gasteiger charge is -2.16. The van der Waals surface area contributed by atoms with E-state index in [-0.39, 0.29) is 16.7 Å². The molecule has 0 saturated carbocycles. The molecule has 0 radical (unpaired) electrons. The van der Waals surface area contributed by atoms with E-state index in [0.29, 0.717) is 18.8 Å². The van der Waals surface area contributed by atoms with Crippen molar-refractivity contribution in [2.24, 2.45) is 5.92 Å². The van der Waals surface area contributed by atoms with Crippen molar-refractivity contribution in [3.8, 4) is 0 Å². The highest BCUT2D eigenvalue weighted by molar-refractivity contribution is 7.89. The summed E-state index contributed by atoms with van der Waals surface area (Å²) in [5, 5.41) is 2.83. The van der Waals surface area contributed by atoms with Gasteiger partial charge in [-0.1, -0.05) is 20.3 Å². The fourth-order valence-electron chi connectivity index (χ4n) is 2.62. The lowest BCUT2D eigenvalue weighted by atomic mass is 10.1. The van der Waals surface area contributed by atoms with Crippen LogP contribution in [0.25, 0.3) is 0 Å². The van der Waals surface area contributed by atoms with E-state index in [0.717, 1.165) is 25.7 Å². The Kier molecular flexibility index (Phi) is 5.58. The molecule has 1 aromatic carbocycles. The molecule has 1 N–H and O–H groups in total. The predicted molar refractivity (Wildman–Crippen MR) is 87.1 cm³/mol. The van der Waals surface area contributed by atoms with Gasteiger partial charge in [0.1, 0.15) is 0 Å². The lowest BCUT2D eigenvalue weighted by molar-refractivity contribution is -0.119. The number of anilines is 1. The molecule has 0 unspecified atom stereocenters. The maximum atomic E-state index is 12.4. The molecule has 1 saturated heterocycles. The Bertz CT molecular complexity index is 605. The van der Waals surface area contributed by atoms with Crippen molar-refractivity contribution in [1.82, 2.24) is 4.31 Å². The molecule has 6 heteroatoms. The number of hydrogen-bond donors (Lipinski definition) is 1. The summed E-state index contributed by atoms with van der Waals surface area (Å²) in [6, 6.07) is 6.43. The number of nitrogens with one attached hydrogen (secondary N) is 1. The van der Waals surface area contributed by atoms with E-state index in [4.69, 9.17) is 0 Å². The van der Waals surface area contributed by atoms with Gasteiger partial charge in [-0.2, -0.15) is 4.31 Å². The van der Waals surface area contributed by atoms with Gasteiger partial charge in [0.25, 0.3) is 0 Å². The highest BCUT2D eigenvalue weighted by Gasteiger charge is 2.26. The number of amides is 1. The minimum absolute atomic E-state index is 0.0306. The first-order chi connectivity index (χ1) is 10.4. The molecular formula is C16H24N2O3S. The third-order valence-electron chi connectivity index (χ3n) is 3.99. The summed E-state index contributed by atoms with van der Waals surface area (Å²) in [4.78, 5) is 12.2. The lowest BCUT2D eigenvalue weighted by Crippen LogP contribution is -2.27. The third kappa shape index (κ3) is 3.87. The molecule has 1 aromatic rings. The normalized spacial score (nSPS) is 17.4. The summed E-state index contributed by atoms with van der Waals surface area (Å²) in [5.41, 5.74) is 0.633. The van der Waals surface area contributed by atoms with Gasteiger partial charge in [-0.3, -0.25) is 4.79 Å². The quantitative estimate of drug-likeness (QED) is 0.875. The Morgan fingerprint density at radius 2 is 1.82 bits per heavy atom. The molecule has 1 heterocycles. The monoisotopic (exact) mass is 324 g/mol. The van der Waals surface area contributed by atoms with Gasteiger partial charge >= 0.3 is 0 Å². The molecule has 5 nitrogen and oxygen atoms in total. The fraction of sp³-hybridized carbons (Fsp3) is 0.562. The van der Waals surface area contributed by atoms with Crippen LogP contribution in [0.4, 0.5) is 5.69 Å². The Hall–Kier alpha value is -1.40. The average molecular weight is 324 g/mol.